The minimum atomic E-state index is -4.42. The van der Waals surface area contributed by atoms with Crippen LogP contribution in [0.15, 0.2) is 24.3 Å². The topological polar surface area (TPSA) is 54.9 Å². The number of nitrogens with one attached hydrogen (secondary N) is 1. The van der Waals surface area contributed by atoms with Gasteiger partial charge in [-0.05, 0) is 17.7 Å². The molecule has 1 amide bonds. The van der Waals surface area contributed by atoms with Gasteiger partial charge in [0, 0.05) is 12.8 Å². The Labute approximate surface area is 141 Å². The van der Waals surface area contributed by atoms with Gasteiger partial charge in [0.15, 0.2) is 0 Å². The molecule has 1 heterocycles. The molecule has 2 rings (SSSR count). The average Bonchev–Trinajstić information content (AvgIpc) is 2.91. The molecule has 0 saturated carbocycles. The van der Waals surface area contributed by atoms with E-state index in [9.17, 15) is 31.1 Å². The van der Waals surface area contributed by atoms with Gasteiger partial charge >= 0.3 is 12.4 Å². The molecule has 136 valence electrons. The number of anilines is 1. The number of amides is 1. The second-order valence-electron chi connectivity index (χ2n) is 5.04. The van der Waals surface area contributed by atoms with Crippen LogP contribution in [0.2, 0.25) is 0 Å². The highest BCUT2D eigenvalue weighted by Gasteiger charge is 2.30. The number of carbonyl (C=O) groups excluding carboxylic acids is 1. The summed E-state index contributed by atoms with van der Waals surface area (Å²) < 4.78 is 73.5. The predicted octanol–water partition coefficient (Wildman–Crippen LogP) is 4.43. The quantitative estimate of drug-likeness (QED) is 0.778. The first-order valence-electron chi connectivity index (χ1n) is 6.88. The maximum Gasteiger partial charge on any atom is 0.416 e. The number of carbonyl (C=O) groups is 1. The van der Waals surface area contributed by atoms with E-state index in [1.165, 1.54) is 12.1 Å². The zero-order valence-corrected chi connectivity index (χ0v) is 13.2. The summed E-state index contributed by atoms with van der Waals surface area (Å²) >= 11 is 0.942. The molecular weight excluding hydrogens is 372 g/mol. The first-order valence-corrected chi connectivity index (χ1v) is 7.70. The Kier molecular flexibility index (Phi) is 5.65. The van der Waals surface area contributed by atoms with Gasteiger partial charge in [-0.15, -0.1) is 10.2 Å². The summed E-state index contributed by atoms with van der Waals surface area (Å²) in [5, 5.41) is 10.0. The molecule has 1 N–H and O–H groups in total. The lowest BCUT2D eigenvalue weighted by atomic mass is 10.1. The Balaban J connectivity index is 1.92. The maximum absolute atomic E-state index is 12.5. The summed E-state index contributed by atoms with van der Waals surface area (Å²) in [5.74, 6) is -0.838. The van der Waals surface area contributed by atoms with Gasteiger partial charge in [-0.1, -0.05) is 23.5 Å². The molecule has 4 nitrogen and oxygen atoms in total. The number of hydrogen-bond acceptors (Lipinski definition) is 4. The van der Waals surface area contributed by atoms with E-state index in [2.05, 4.69) is 15.5 Å². The molecule has 1 aromatic heterocycles. The van der Waals surface area contributed by atoms with Crippen LogP contribution in [0.4, 0.5) is 31.5 Å². The van der Waals surface area contributed by atoms with Crippen LogP contribution in [0.5, 0.6) is 0 Å². The highest BCUT2D eigenvalue weighted by molar-refractivity contribution is 7.15. The number of rotatable bonds is 5. The second-order valence-corrected chi connectivity index (χ2v) is 6.10. The largest absolute Gasteiger partial charge is 0.416 e. The molecule has 2 aromatic rings. The van der Waals surface area contributed by atoms with Crippen molar-refractivity contribution < 1.29 is 31.1 Å². The van der Waals surface area contributed by atoms with Crippen LogP contribution in [-0.4, -0.2) is 22.3 Å². The van der Waals surface area contributed by atoms with E-state index in [1.54, 1.807) is 0 Å². The van der Waals surface area contributed by atoms with Crippen molar-refractivity contribution in [2.24, 2.45) is 0 Å². The number of alkyl halides is 6. The lowest BCUT2D eigenvalue weighted by Crippen LogP contribution is -2.16. The summed E-state index contributed by atoms with van der Waals surface area (Å²) in [6.07, 6.45) is -10.6. The molecular formula is C14H11F6N3OS. The Morgan fingerprint density at radius 2 is 1.68 bits per heavy atom. The van der Waals surface area contributed by atoms with E-state index in [0.717, 1.165) is 23.5 Å². The number of benzene rings is 1. The Hall–Kier alpha value is -2.17. The van der Waals surface area contributed by atoms with Crippen LogP contribution in [0.25, 0.3) is 0 Å². The third-order valence-corrected chi connectivity index (χ3v) is 3.82. The number of halogens is 6. The lowest BCUT2D eigenvalue weighted by Gasteiger charge is -2.06. The molecule has 0 aliphatic carbocycles. The van der Waals surface area contributed by atoms with Gasteiger partial charge in [-0.25, -0.2) is 0 Å². The molecule has 0 spiro atoms. The van der Waals surface area contributed by atoms with Gasteiger partial charge in [0.2, 0.25) is 11.0 Å². The Morgan fingerprint density at radius 3 is 2.24 bits per heavy atom. The van der Waals surface area contributed by atoms with E-state index in [0.29, 0.717) is 10.6 Å². The zero-order chi connectivity index (χ0) is 18.7. The first-order chi connectivity index (χ1) is 11.5. The van der Waals surface area contributed by atoms with Gasteiger partial charge in [0.05, 0.1) is 12.0 Å². The van der Waals surface area contributed by atoms with Crippen LogP contribution < -0.4 is 5.32 Å². The molecule has 0 saturated heterocycles. The Bertz CT molecular complexity index is 723. The standard InChI is InChI=1S/C14H11F6N3OS/c15-13(16,17)6-5-10(24)21-12-23-22-11(25-12)7-8-1-3-9(4-2-8)14(18,19)20/h1-4H,5-7H2,(H,21,23,24). The SMILES string of the molecule is O=C(CCC(F)(F)F)Nc1nnc(Cc2ccc(C(F)(F)F)cc2)s1. The molecule has 0 radical (unpaired) electrons. The van der Waals surface area contributed by atoms with Gasteiger partial charge in [-0.3, -0.25) is 4.79 Å². The molecule has 0 aliphatic rings. The van der Waals surface area contributed by atoms with Crippen molar-refractivity contribution in [3.05, 3.63) is 40.4 Å². The van der Waals surface area contributed by atoms with E-state index in [4.69, 9.17) is 0 Å². The highest BCUT2D eigenvalue weighted by Crippen LogP contribution is 2.29. The smallest absolute Gasteiger partial charge is 0.301 e. The number of hydrogen-bond donors (Lipinski definition) is 1. The average molecular weight is 383 g/mol. The Morgan fingerprint density at radius 1 is 1.04 bits per heavy atom. The fourth-order valence-corrected chi connectivity index (χ4v) is 2.59. The van der Waals surface area contributed by atoms with E-state index in [1.807, 2.05) is 0 Å². The lowest BCUT2D eigenvalue weighted by molar-refractivity contribution is -0.142. The van der Waals surface area contributed by atoms with E-state index < -0.39 is 36.7 Å². The molecule has 0 fully saturated rings. The van der Waals surface area contributed by atoms with Crippen molar-refractivity contribution in [2.45, 2.75) is 31.6 Å². The summed E-state index contributed by atoms with van der Waals surface area (Å²) in [5.41, 5.74) is -0.217. The van der Waals surface area contributed by atoms with Crippen molar-refractivity contribution in [3.8, 4) is 0 Å². The third-order valence-electron chi connectivity index (χ3n) is 2.99. The van der Waals surface area contributed by atoms with Crippen molar-refractivity contribution in [1.29, 1.82) is 0 Å². The second kappa shape index (κ2) is 7.38. The molecule has 0 unspecified atom stereocenters. The molecule has 0 bridgehead atoms. The molecule has 0 atom stereocenters. The minimum absolute atomic E-state index is 0.0362. The minimum Gasteiger partial charge on any atom is -0.301 e. The molecule has 0 aliphatic heterocycles. The summed E-state index contributed by atoms with van der Waals surface area (Å²) in [6, 6.07) is 4.48. The normalized spacial score (nSPS) is 12.2. The van der Waals surface area contributed by atoms with Crippen LogP contribution in [0.3, 0.4) is 0 Å². The number of nitrogens with zero attached hydrogens (tertiary/aromatic N) is 2. The van der Waals surface area contributed by atoms with E-state index in [-0.39, 0.29) is 11.6 Å². The van der Waals surface area contributed by atoms with Gasteiger partial charge in [0.1, 0.15) is 5.01 Å². The maximum atomic E-state index is 12.5. The molecule has 1 aromatic carbocycles. The summed E-state index contributed by atoms with van der Waals surface area (Å²) in [4.78, 5) is 11.4. The van der Waals surface area contributed by atoms with E-state index >= 15 is 0 Å². The number of aromatic nitrogens is 2. The van der Waals surface area contributed by atoms with Crippen LogP contribution in [0.1, 0.15) is 29.0 Å². The van der Waals surface area contributed by atoms with Crippen LogP contribution in [0, 0.1) is 0 Å². The van der Waals surface area contributed by atoms with Gasteiger partial charge in [-0.2, -0.15) is 26.3 Å². The first kappa shape index (κ1) is 19.2. The van der Waals surface area contributed by atoms with Crippen LogP contribution in [-0.2, 0) is 17.4 Å². The van der Waals surface area contributed by atoms with Crippen molar-refractivity contribution in [2.75, 3.05) is 5.32 Å². The molecule has 25 heavy (non-hydrogen) atoms. The van der Waals surface area contributed by atoms with Gasteiger partial charge < -0.3 is 5.32 Å². The van der Waals surface area contributed by atoms with Crippen LogP contribution >= 0.6 is 11.3 Å². The molecule has 11 heteroatoms. The highest BCUT2D eigenvalue weighted by atomic mass is 32.1. The summed E-state index contributed by atoms with van der Waals surface area (Å²) in [7, 11) is 0. The van der Waals surface area contributed by atoms with Gasteiger partial charge in [0.25, 0.3) is 0 Å². The monoisotopic (exact) mass is 383 g/mol. The van der Waals surface area contributed by atoms with Crippen molar-refractivity contribution >= 4 is 22.4 Å². The predicted molar refractivity (Wildman–Crippen MR) is 78.1 cm³/mol. The fraction of sp³-hybridized carbons (Fsp3) is 0.357. The third kappa shape index (κ3) is 6.33. The van der Waals surface area contributed by atoms with Crippen molar-refractivity contribution in [3.63, 3.8) is 0 Å². The van der Waals surface area contributed by atoms with Crippen molar-refractivity contribution in [1.82, 2.24) is 10.2 Å². The zero-order valence-electron chi connectivity index (χ0n) is 12.4. The fourth-order valence-electron chi connectivity index (χ4n) is 1.80. The summed E-state index contributed by atoms with van der Waals surface area (Å²) in [6.45, 7) is 0.